The molecule has 118 valence electrons. The predicted octanol–water partition coefficient (Wildman–Crippen LogP) is 2.21. The fourth-order valence-electron chi connectivity index (χ4n) is 2.38. The van der Waals surface area contributed by atoms with Crippen LogP contribution in [-0.4, -0.2) is 34.7 Å². The first kappa shape index (κ1) is 16.3. The lowest BCUT2D eigenvalue weighted by Crippen LogP contribution is -2.27. The highest BCUT2D eigenvalue weighted by Crippen LogP contribution is 2.22. The van der Waals surface area contributed by atoms with E-state index in [1.54, 1.807) is 12.1 Å². The summed E-state index contributed by atoms with van der Waals surface area (Å²) < 4.78 is 32.6. The first-order valence-corrected chi connectivity index (χ1v) is 9.02. The molecule has 0 saturated carbocycles. The molecule has 1 atom stereocenters. The van der Waals surface area contributed by atoms with Crippen molar-refractivity contribution < 1.29 is 13.2 Å². The molecule has 5 nitrogen and oxygen atoms in total. The highest BCUT2D eigenvalue weighted by molar-refractivity contribution is 7.89. The largest absolute Gasteiger partial charge is 0.384 e. The van der Waals surface area contributed by atoms with Crippen molar-refractivity contribution >= 4 is 15.7 Å². The fourth-order valence-corrected chi connectivity index (χ4v) is 3.70. The number of para-hydroxylation sites is 1. The van der Waals surface area contributed by atoms with E-state index in [1.165, 1.54) is 0 Å². The van der Waals surface area contributed by atoms with E-state index in [2.05, 4.69) is 10.0 Å². The second kappa shape index (κ2) is 7.77. The lowest BCUT2D eigenvalue weighted by Gasteiger charge is -2.23. The van der Waals surface area contributed by atoms with Crippen LogP contribution in [0.4, 0.5) is 5.69 Å². The van der Waals surface area contributed by atoms with Crippen molar-refractivity contribution in [3.05, 3.63) is 24.3 Å². The van der Waals surface area contributed by atoms with Gasteiger partial charge in [0.05, 0.1) is 12.3 Å². The molecule has 0 spiro atoms. The quantitative estimate of drug-likeness (QED) is 0.810. The van der Waals surface area contributed by atoms with Crippen LogP contribution in [0, 0.1) is 5.92 Å². The third-order valence-electron chi connectivity index (χ3n) is 3.55. The number of ether oxygens (including phenoxy) is 1. The zero-order valence-electron chi connectivity index (χ0n) is 12.5. The summed E-state index contributed by atoms with van der Waals surface area (Å²) in [4.78, 5) is 0.315. The standard InChI is InChI=1S/C15H24N2O3S/c1-2-9-17-21(18,19)15-8-4-3-7-14(15)16-11-13-6-5-10-20-12-13/h3-4,7-8,13,16-17H,2,5-6,9-12H2,1H3. The van der Waals surface area contributed by atoms with Crippen LogP contribution in [0.25, 0.3) is 0 Å². The van der Waals surface area contributed by atoms with Gasteiger partial charge < -0.3 is 10.1 Å². The lowest BCUT2D eigenvalue weighted by molar-refractivity contribution is 0.0595. The Morgan fingerprint density at radius 1 is 1.33 bits per heavy atom. The average molecular weight is 312 g/mol. The van der Waals surface area contributed by atoms with Crippen molar-refractivity contribution in [1.29, 1.82) is 0 Å². The number of anilines is 1. The van der Waals surface area contributed by atoms with Gasteiger partial charge in [-0.25, -0.2) is 13.1 Å². The minimum atomic E-state index is -3.45. The Morgan fingerprint density at radius 3 is 2.86 bits per heavy atom. The number of rotatable bonds is 7. The molecule has 2 N–H and O–H groups in total. The molecule has 1 saturated heterocycles. The molecule has 1 unspecified atom stereocenters. The summed E-state index contributed by atoms with van der Waals surface area (Å²) in [6.45, 7) is 4.71. The Labute approximate surface area is 127 Å². The van der Waals surface area contributed by atoms with Gasteiger partial charge in [-0.15, -0.1) is 0 Å². The Kier molecular flexibility index (Phi) is 6.02. The third kappa shape index (κ3) is 4.69. The molecule has 1 heterocycles. The van der Waals surface area contributed by atoms with Crippen molar-refractivity contribution in [1.82, 2.24) is 4.72 Å². The Hall–Kier alpha value is -1.11. The van der Waals surface area contributed by atoms with Gasteiger partial charge in [-0.2, -0.15) is 0 Å². The molecule has 21 heavy (non-hydrogen) atoms. The smallest absolute Gasteiger partial charge is 0.242 e. The van der Waals surface area contributed by atoms with Gasteiger partial charge in [-0.1, -0.05) is 19.1 Å². The summed E-state index contributed by atoms with van der Waals surface area (Å²) in [5.41, 5.74) is 0.659. The minimum Gasteiger partial charge on any atom is -0.384 e. The number of sulfonamides is 1. The van der Waals surface area contributed by atoms with E-state index in [4.69, 9.17) is 4.74 Å². The Balaban J connectivity index is 2.05. The SMILES string of the molecule is CCCNS(=O)(=O)c1ccccc1NCC1CCCOC1. The molecule has 0 aliphatic carbocycles. The summed E-state index contributed by atoms with van der Waals surface area (Å²) >= 11 is 0. The zero-order valence-corrected chi connectivity index (χ0v) is 13.3. The van der Waals surface area contributed by atoms with E-state index in [1.807, 2.05) is 19.1 Å². The summed E-state index contributed by atoms with van der Waals surface area (Å²) in [5.74, 6) is 0.443. The van der Waals surface area contributed by atoms with Crippen LogP contribution in [-0.2, 0) is 14.8 Å². The molecule has 6 heteroatoms. The normalized spacial score (nSPS) is 19.4. The van der Waals surface area contributed by atoms with E-state index in [9.17, 15) is 8.42 Å². The van der Waals surface area contributed by atoms with Crippen LogP contribution < -0.4 is 10.0 Å². The molecule has 1 fully saturated rings. The van der Waals surface area contributed by atoms with Gasteiger partial charge in [0.25, 0.3) is 0 Å². The van der Waals surface area contributed by atoms with E-state index < -0.39 is 10.0 Å². The van der Waals surface area contributed by atoms with Crippen LogP contribution in [0.2, 0.25) is 0 Å². The maximum atomic E-state index is 12.3. The average Bonchev–Trinajstić information content (AvgIpc) is 2.52. The van der Waals surface area contributed by atoms with Crippen LogP contribution in [0.3, 0.4) is 0 Å². The molecule has 0 amide bonds. The molecule has 1 aliphatic rings. The van der Waals surface area contributed by atoms with Crippen molar-refractivity contribution in [3.63, 3.8) is 0 Å². The number of hydrogen-bond acceptors (Lipinski definition) is 4. The summed E-state index contributed by atoms with van der Waals surface area (Å²) in [6, 6.07) is 7.04. The van der Waals surface area contributed by atoms with Crippen molar-refractivity contribution in [2.75, 3.05) is 31.6 Å². The van der Waals surface area contributed by atoms with E-state index in [-0.39, 0.29) is 0 Å². The Bertz CT molecular complexity index is 540. The van der Waals surface area contributed by atoms with Gasteiger partial charge >= 0.3 is 0 Å². The molecular formula is C15H24N2O3S. The maximum absolute atomic E-state index is 12.3. The molecule has 0 aromatic heterocycles. The lowest BCUT2D eigenvalue weighted by atomic mass is 10.0. The maximum Gasteiger partial charge on any atom is 0.242 e. The van der Waals surface area contributed by atoms with Gasteiger partial charge in [-0.05, 0) is 37.3 Å². The Morgan fingerprint density at radius 2 is 2.14 bits per heavy atom. The molecule has 0 bridgehead atoms. The van der Waals surface area contributed by atoms with Crippen LogP contribution in [0.1, 0.15) is 26.2 Å². The minimum absolute atomic E-state index is 0.315. The molecular weight excluding hydrogens is 288 g/mol. The van der Waals surface area contributed by atoms with Crippen LogP contribution >= 0.6 is 0 Å². The molecule has 0 radical (unpaired) electrons. The van der Waals surface area contributed by atoms with E-state index in [0.29, 0.717) is 23.0 Å². The number of benzene rings is 1. The van der Waals surface area contributed by atoms with Gasteiger partial charge in [0.15, 0.2) is 0 Å². The molecule has 1 aromatic carbocycles. The number of hydrogen-bond donors (Lipinski definition) is 2. The first-order chi connectivity index (χ1) is 10.1. The summed E-state index contributed by atoms with van der Waals surface area (Å²) in [6.07, 6.45) is 2.97. The molecule has 1 aromatic rings. The zero-order chi connectivity index (χ0) is 15.1. The monoisotopic (exact) mass is 312 g/mol. The van der Waals surface area contributed by atoms with Crippen LogP contribution in [0.15, 0.2) is 29.2 Å². The van der Waals surface area contributed by atoms with Gasteiger partial charge in [0, 0.05) is 19.7 Å². The van der Waals surface area contributed by atoms with Crippen molar-refractivity contribution in [2.24, 2.45) is 5.92 Å². The molecule has 2 rings (SSSR count). The fraction of sp³-hybridized carbons (Fsp3) is 0.600. The second-order valence-electron chi connectivity index (χ2n) is 5.36. The molecule has 1 aliphatic heterocycles. The van der Waals surface area contributed by atoms with Gasteiger partial charge in [-0.3, -0.25) is 0 Å². The summed E-state index contributed by atoms with van der Waals surface area (Å²) in [7, 11) is -3.45. The highest BCUT2D eigenvalue weighted by atomic mass is 32.2. The van der Waals surface area contributed by atoms with Crippen LogP contribution in [0.5, 0.6) is 0 Å². The first-order valence-electron chi connectivity index (χ1n) is 7.54. The van der Waals surface area contributed by atoms with Gasteiger partial charge in [0.1, 0.15) is 4.90 Å². The van der Waals surface area contributed by atoms with Crippen molar-refractivity contribution in [2.45, 2.75) is 31.1 Å². The number of nitrogens with one attached hydrogen (secondary N) is 2. The predicted molar refractivity (Wildman–Crippen MR) is 84.0 cm³/mol. The van der Waals surface area contributed by atoms with Crippen molar-refractivity contribution in [3.8, 4) is 0 Å². The topological polar surface area (TPSA) is 67.4 Å². The van der Waals surface area contributed by atoms with E-state index in [0.717, 1.165) is 39.0 Å². The highest BCUT2D eigenvalue weighted by Gasteiger charge is 2.19. The van der Waals surface area contributed by atoms with E-state index >= 15 is 0 Å². The summed E-state index contributed by atoms with van der Waals surface area (Å²) in [5, 5.41) is 3.27. The third-order valence-corrected chi connectivity index (χ3v) is 5.07. The second-order valence-corrected chi connectivity index (χ2v) is 7.09. The van der Waals surface area contributed by atoms with Gasteiger partial charge in [0.2, 0.25) is 10.0 Å².